The van der Waals surface area contributed by atoms with Crippen molar-refractivity contribution in [2.24, 2.45) is 0 Å². The van der Waals surface area contributed by atoms with Crippen LogP contribution in [-0.4, -0.2) is 36.6 Å². The molecule has 0 fully saturated rings. The van der Waals surface area contributed by atoms with E-state index in [1.807, 2.05) is 0 Å². The van der Waals surface area contributed by atoms with Crippen LogP contribution in [0.5, 0.6) is 0 Å². The number of aliphatic hydroxyl groups excluding tert-OH is 1. The van der Waals surface area contributed by atoms with Gasteiger partial charge < -0.3 is 10.0 Å². The second-order valence-electron chi connectivity index (χ2n) is 3.35. The number of rotatable bonds is 1. The van der Waals surface area contributed by atoms with E-state index in [2.05, 4.69) is 11.8 Å². The number of carbonyl (C=O) groups excluding carboxylic acids is 1. The molecule has 84 valence electrons. The van der Waals surface area contributed by atoms with Gasteiger partial charge in [-0.05, 0) is 18.2 Å². The van der Waals surface area contributed by atoms with Gasteiger partial charge in [-0.3, -0.25) is 4.79 Å². The maximum absolute atomic E-state index is 13.4. The van der Waals surface area contributed by atoms with E-state index < -0.39 is 11.7 Å². The minimum atomic E-state index is -0.576. The molecule has 0 spiro atoms. The van der Waals surface area contributed by atoms with Crippen LogP contribution in [0.4, 0.5) is 4.39 Å². The average molecular weight is 221 g/mol. The first-order valence-electron chi connectivity index (χ1n) is 4.67. The van der Waals surface area contributed by atoms with Crippen molar-refractivity contribution >= 4 is 5.91 Å². The van der Waals surface area contributed by atoms with E-state index in [-0.39, 0.29) is 12.2 Å². The number of hydrogen-bond donors (Lipinski definition) is 1. The highest BCUT2D eigenvalue weighted by Gasteiger charge is 2.13. The minimum Gasteiger partial charge on any atom is -0.384 e. The summed E-state index contributed by atoms with van der Waals surface area (Å²) >= 11 is 0. The van der Waals surface area contributed by atoms with E-state index in [1.54, 1.807) is 14.1 Å². The Labute approximate surface area is 93.5 Å². The zero-order chi connectivity index (χ0) is 12.1. The van der Waals surface area contributed by atoms with Gasteiger partial charge in [-0.15, -0.1) is 0 Å². The number of hydrogen-bond acceptors (Lipinski definition) is 2. The zero-order valence-corrected chi connectivity index (χ0v) is 9.12. The monoisotopic (exact) mass is 221 g/mol. The summed E-state index contributed by atoms with van der Waals surface area (Å²) in [6.07, 6.45) is 0. The third-order valence-electron chi connectivity index (χ3n) is 1.91. The molecule has 1 aromatic carbocycles. The molecule has 0 aliphatic rings. The van der Waals surface area contributed by atoms with Crippen molar-refractivity contribution in [1.82, 2.24) is 4.90 Å². The number of aliphatic hydroxyl groups is 1. The molecule has 0 aliphatic carbocycles. The molecule has 0 aromatic heterocycles. The van der Waals surface area contributed by atoms with E-state index in [9.17, 15) is 9.18 Å². The number of halogens is 1. The fourth-order valence-corrected chi connectivity index (χ4v) is 1.15. The molecule has 0 unspecified atom stereocenters. The van der Waals surface area contributed by atoms with Gasteiger partial charge in [0.25, 0.3) is 5.91 Å². The van der Waals surface area contributed by atoms with E-state index in [1.165, 1.54) is 23.1 Å². The Bertz CT molecular complexity index is 458. The van der Waals surface area contributed by atoms with Gasteiger partial charge in [-0.2, -0.15) is 0 Å². The van der Waals surface area contributed by atoms with Crippen LogP contribution >= 0.6 is 0 Å². The molecule has 3 nitrogen and oxygen atoms in total. The fraction of sp³-hybridized carbons (Fsp3) is 0.250. The van der Waals surface area contributed by atoms with Gasteiger partial charge in [0, 0.05) is 19.7 Å². The normalized spacial score (nSPS) is 9.25. The summed E-state index contributed by atoms with van der Waals surface area (Å²) in [4.78, 5) is 12.9. The quantitative estimate of drug-likeness (QED) is 0.715. The van der Waals surface area contributed by atoms with E-state index in [4.69, 9.17) is 5.11 Å². The molecule has 0 atom stereocenters. The largest absolute Gasteiger partial charge is 0.384 e. The molecule has 1 amide bonds. The van der Waals surface area contributed by atoms with E-state index in [0.29, 0.717) is 5.56 Å². The molecule has 1 rings (SSSR count). The second kappa shape index (κ2) is 5.29. The first kappa shape index (κ1) is 12.2. The Balaban J connectivity index is 3.13. The predicted molar refractivity (Wildman–Crippen MR) is 58.4 cm³/mol. The average Bonchev–Trinajstić information content (AvgIpc) is 2.27. The van der Waals surface area contributed by atoms with Gasteiger partial charge in [0.2, 0.25) is 0 Å². The smallest absolute Gasteiger partial charge is 0.256 e. The van der Waals surface area contributed by atoms with E-state index in [0.717, 1.165) is 0 Å². The summed E-state index contributed by atoms with van der Waals surface area (Å²) in [5.74, 6) is 4.07. The van der Waals surface area contributed by atoms with Crippen molar-refractivity contribution in [3.63, 3.8) is 0 Å². The van der Waals surface area contributed by atoms with Crippen LogP contribution in [0, 0.1) is 17.7 Å². The summed E-state index contributed by atoms with van der Waals surface area (Å²) < 4.78 is 13.4. The van der Waals surface area contributed by atoms with Crippen LogP contribution in [-0.2, 0) is 0 Å². The minimum absolute atomic E-state index is 0.0188. The van der Waals surface area contributed by atoms with Crippen LogP contribution in [0.3, 0.4) is 0 Å². The van der Waals surface area contributed by atoms with Crippen LogP contribution in [0.25, 0.3) is 0 Å². The zero-order valence-electron chi connectivity index (χ0n) is 9.12. The van der Waals surface area contributed by atoms with Crippen molar-refractivity contribution in [3.8, 4) is 11.8 Å². The van der Waals surface area contributed by atoms with Crippen LogP contribution in [0.1, 0.15) is 15.9 Å². The lowest BCUT2D eigenvalue weighted by atomic mass is 10.1. The van der Waals surface area contributed by atoms with Gasteiger partial charge in [-0.25, -0.2) is 4.39 Å². The Hall–Kier alpha value is -1.86. The SMILES string of the molecule is CN(C)C(=O)c1cc(C#CCO)ccc1F. The molecule has 1 aromatic rings. The lowest BCUT2D eigenvalue weighted by Gasteiger charge is -2.10. The maximum atomic E-state index is 13.4. The maximum Gasteiger partial charge on any atom is 0.256 e. The summed E-state index contributed by atoms with van der Waals surface area (Å²) in [5, 5.41) is 8.53. The molecule has 0 aliphatic heterocycles. The first-order chi connectivity index (χ1) is 7.56. The van der Waals surface area contributed by atoms with Gasteiger partial charge >= 0.3 is 0 Å². The molecule has 0 heterocycles. The molecule has 0 saturated carbocycles. The summed E-state index contributed by atoms with van der Waals surface area (Å²) in [6, 6.07) is 4.03. The molecule has 4 heteroatoms. The third-order valence-corrected chi connectivity index (χ3v) is 1.91. The summed E-state index contributed by atoms with van der Waals surface area (Å²) in [7, 11) is 3.10. The third kappa shape index (κ3) is 2.81. The van der Waals surface area contributed by atoms with Crippen LogP contribution in [0.15, 0.2) is 18.2 Å². The highest BCUT2D eigenvalue weighted by Crippen LogP contribution is 2.11. The van der Waals surface area contributed by atoms with E-state index >= 15 is 0 Å². The highest BCUT2D eigenvalue weighted by atomic mass is 19.1. The Morgan fingerprint density at radius 2 is 2.19 bits per heavy atom. The number of nitrogens with zero attached hydrogens (tertiary/aromatic N) is 1. The summed E-state index contributed by atoms with van der Waals surface area (Å²) in [6.45, 7) is -0.270. The van der Waals surface area contributed by atoms with Crippen LogP contribution < -0.4 is 0 Å². The lowest BCUT2D eigenvalue weighted by molar-refractivity contribution is 0.0823. The lowest BCUT2D eigenvalue weighted by Crippen LogP contribution is -2.22. The van der Waals surface area contributed by atoms with Gasteiger partial charge in [-0.1, -0.05) is 11.8 Å². The van der Waals surface area contributed by atoms with Crippen molar-refractivity contribution in [3.05, 3.63) is 35.1 Å². The predicted octanol–water partition coefficient (Wildman–Crippen LogP) is 0.871. The molecular formula is C12H12FNO2. The van der Waals surface area contributed by atoms with Crippen molar-refractivity contribution in [2.75, 3.05) is 20.7 Å². The Morgan fingerprint density at radius 3 is 2.75 bits per heavy atom. The standard InChI is InChI=1S/C12H12FNO2/c1-14(2)12(16)10-8-9(4-3-7-15)5-6-11(10)13/h5-6,8,15H,7H2,1-2H3. The van der Waals surface area contributed by atoms with Crippen LogP contribution in [0.2, 0.25) is 0 Å². The topological polar surface area (TPSA) is 40.5 Å². The first-order valence-corrected chi connectivity index (χ1v) is 4.67. The molecular weight excluding hydrogens is 209 g/mol. The van der Waals surface area contributed by atoms with Gasteiger partial charge in [0.1, 0.15) is 12.4 Å². The number of amides is 1. The van der Waals surface area contributed by atoms with Gasteiger partial charge in [0.15, 0.2) is 0 Å². The molecule has 0 radical (unpaired) electrons. The van der Waals surface area contributed by atoms with Crippen molar-refractivity contribution in [2.45, 2.75) is 0 Å². The summed E-state index contributed by atoms with van der Waals surface area (Å²) in [5.41, 5.74) is 0.482. The molecule has 1 N–H and O–H groups in total. The molecule has 0 saturated heterocycles. The van der Waals surface area contributed by atoms with Crippen molar-refractivity contribution < 1.29 is 14.3 Å². The second-order valence-corrected chi connectivity index (χ2v) is 3.35. The van der Waals surface area contributed by atoms with Gasteiger partial charge in [0.05, 0.1) is 5.56 Å². The number of benzene rings is 1. The fourth-order valence-electron chi connectivity index (χ4n) is 1.15. The Kier molecular flexibility index (Phi) is 4.03. The molecule has 16 heavy (non-hydrogen) atoms. The van der Waals surface area contributed by atoms with Crippen molar-refractivity contribution in [1.29, 1.82) is 0 Å². The highest BCUT2D eigenvalue weighted by molar-refractivity contribution is 5.94. The Morgan fingerprint density at radius 1 is 1.50 bits per heavy atom. The molecule has 0 bridgehead atoms. The number of carbonyl (C=O) groups is 1.